The van der Waals surface area contributed by atoms with Gasteiger partial charge in [0.15, 0.2) is 11.6 Å². The molecule has 5 aromatic rings. The molecule has 0 bridgehead atoms. The number of ether oxygens (including phenoxy) is 1. The normalized spacial score (nSPS) is 18.8. The van der Waals surface area contributed by atoms with Crippen molar-refractivity contribution in [2.45, 2.75) is 38.8 Å². The first-order valence-corrected chi connectivity index (χ1v) is 18.5. The van der Waals surface area contributed by atoms with Crippen molar-refractivity contribution in [1.82, 2.24) is 24.4 Å². The van der Waals surface area contributed by atoms with Gasteiger partial charge in [0.1, 0.15) is 23.4 Å². The Morgan fingerprint density at radius 3 is 2.61 bits per heavy atom. The maximum absolute atomic E-state index is 16.1. The number of esters is 1. The molecule has 2 saturated heterocycles. The lowest BCUT2D eigenvalue weighted by Gasteiger charge is -2.29. The summed E-state index contributed by atoms with van der Waals surface area (Å²) < 4.78 is 59.7. The van der Waals surface area contributed by atoms with E-state index in [1.807, 2.05) is 7.05 Å². The van der Waals surface area contributed by atoms with Gasteiger partial charge in [0.25, 0.3) is 0 Å². The third kappa shape index (κ3) is 6.91. The van der Waals surface area contributed by atoms with Gasteiger partial charge in [0, 0.05) is 68.5 Å². The van der Waals surface area contributed by atoms with Gasteiger partial charge in [-0.15, -0.1) is 0 Å². The molecule has 0 spiro atoms. The average Bonchev–Trinajstić information content (AvgIpc) is 3.78. The maximum Gasteiger partial charge on any atom is 0.475 e. The van der Waals surface area contributed by atoms with Gasteiger partial charge < -0.3 is 39.4 Å². The van der Waals surface area contributed by atoms with Crippen LogP contribution in [-0.4, -0.2) is 98.0 Å². The molecule has 16 nitrogen and oxygen atoms in total. The zero-order valence-corrected chi connectivity index (χ0v) is 30.9. The lowest BCUT2D eigenvalue weighted by Crippen LogP contribution is -2.35. The van der Waals surface area contributed by atoms with E-state index in [1.54, 1.807) is 34.0 Å². The minimum atomic E-state index is -4.53. The first-order valence-electron chi connectivity index (χ1n) is 17.0. The van der Waals surface area contributed by atoms with E-state index in [0.717, 1.165) is 19.0 Å². The van der Waals surface area contributed by atoms with Gasteiger partial charge in [0.05, 0.1) is 38.7 Å². The number of carboxylic acids is 1. The number of halogens is 2. The minimum Gasteiger partial charge on any atom is -0.477 e. The number of carbonyl (C=O) groups is 2. The smallest absolute Gasteiger partial charge is 0.475 e. The molecule has 6 heterocycles. The molecule has 2 aliphatic heterocycles. The number of fused-ring (bicyclic) bond motifs is 5. The molecule has 7 rings (SSSR count). The van der Waals surface area contributed by atoms with Gasteiger partial charge in [-0.1, -0.05) is 0 Å². The van der Waals surface area contributed by atoms with Gasteiger partial charge in [-0.3, -0.25) is 14.1 Å². The zero-order chi connectivity index (χ0) is 38.9. The summed E-state index contributed by atoms with van der Waals surface area (Å²) in [6.45, 7) is 5.31. The summed E-state index contributed by atoms with van der Waals surface area (Å²) in [6, 6.07) is 2.44. The molecule has 3 atom stereocenters. The van der Waals surface area contributed by atoms with Crippen LogP contribution in [0.1, 0.15) is 37.6 Å². The number of likely N-dealkylation sites (N-methyl/N-ethyl adjacent to an activating group) is 1. The highest BCUT2D eigenvalue weighted by Gasteiger charge is 2.42. The van der Waals surface area contributed by atoms with Crippen molar-refractivity contribution in [3.8, 4) is 11.1 Å². The number of carbonyl (C=O) groups excluding carboxylic acids is 1. The summed E-state index contributed by atoms with van der Waals surface area (Å²) >= 11 is 0. The molecular weight excluding hydrogens is 731 g/mol. The van der Waals surface area contributed by atoms with Crippen molar-refractivity contribution in [2.75, 3.05) is 50.2 Å². The van der Waals surface area contributed by atoms with E-state index in [0.29, 0.717) is 35.8 Å². The van der Waals surface area contributed by atoms with Crippen LogP contribution in [0.2, 0.25) is 0 Å². The minimum absolute atomic E-state index is 0.00753. The fourth-order valence-electron chi connectivity index (χ4n) is 7.45. The third-order valence-electron chi connectivity index (χ3n) is 9.58. The van der Waals surface area contributed by atoms with Gasteiger partial charge in [-0.2, -0.15) is 0 Å². The van der Waals surface area contributed by atoms with Crippen LogP contribution in [0.15, 0.2) is 35.5 Å². The van der Waals surface area contributed by atoms with Crippen molar-refractivity contribution >= 4 is 64.1 Å². The second-order valence-corrected chi connectivity index (χ2v) is 15.9. The fraction of sp³-hybridized carbons (Fsp3) is 0.400. The summed E-state index contributed by atoms with van der Waals surface area (Å²) in [5, 5.41) is 12.6. The number of likely N-dealkylation sites (tertiary alicyclic amines) is 1. The Kier molecular flexibility index (Phi) is 9.46. The number of phosphoric ester groups is 1. The van der Waals surface area contributed by atoms with Gasteiger partial charge in [-0.05, 0) is 46.2 Å². The number of aromatic amines is 1. The number of hydrogen-bond donors (Lipinski definition) is 4. The second kappa shape index (κ2) is 13.7. The Morgan fingerprint density at radius 2 is 1.89 bits per heavy atom. The molecule has 4 N–H and O–H groups in total. The van der Waals surface area contributed by atoms with E-state index in [-0.39, 0.29) is 44.7 Å². The highest BCUT2D eigenvalue weighted by molar-refractivity contribution is 7.47. The van der Waals surface area contributed by atoms with Gasteiger partial charge in [0.2, 0.25) is 12.2 Å². The molecule has 0 radical (unpaired) electrons. The Bertz CT molecular complexity index is 2470. The van der Waals surface area contributed by atoms with E-state index in [2.05, 4.69) is 30.1 Å². The van der Waals surface area contributed by atoms with Crippen LogP contribution in [0.4, 0.5) is 20.2 Å². The van der Waals surface area contributed by atoms with Gasteiger partial charge in [-0.25, -0.2) is 32.6 Å². The SMILES string of the molecule is CN1C[C@H]2CCN(c3c(-c4cnc5c(c4)c(=O)c(C(=O)O)cn5C)cnc4[nH]c5c(NCC(=O)OCOP(=O)(O)OC(C)(C)C)cc(F)c(F)c5c34)[C@H]2C1. The molecule has 2 fully saturated rings. The molecule has 19 heteroatoms. The first kappa shape index (κ1) is 37.3. The number of anilines is 2. The van der Waals surface area contributed by atoms with Crippen molar-refractivity contribution in [3.05, 3.63) is 58.1 Å². The van der Waals surface area contributed by atoms with Gasteiger partial charge >= 0.3 is 19.8 Å². The van der Waals surface area contributed by atoms with Crippen LogP contribution >= 0.6 is 7.82 Å². The fourth-order valence-corrected chi connectivity index (χ4v) is 8.39. The van der Waals surface area contributed by atoms with E-state index < -0.39 is 61.3 Å². The average molecular weight is 770 g/mol. The molecule has 54 heavy (non-hydrogen) atoms. The highest BCUT2D eigenvalue weighted by Crippen LogP contribution is 2.48. The number of aryl methyl sites for hydroxylation is 1. The van der Waals surface area contributed by atoms with Crippen LogP contribution in [0.3, 0.4) is 0 Å². The number of nitrogens with zero attached hydrogens (tertiary/aromatic N) is 5. The summed E-state index contributed by atoms with van der Waals surface area (Å²) in [5.74, 6) is -4.40. The number of aromatic carboxylic acids is 1. The lowest BCUT2D eigenvalue weighted by atomic mass is 9.99. The molecule has 2 aliphatic rings. The number of rotatable bonds is 10. The lowest BCUT2D eigenvalue weighted by molar-refractivity contribution is -0.149. The zero-order valence-electron chi connectivity index (χ0n) is 30.0. The number of aromatic nitrogens is 4. The number of pyridine rings is 3. The Hall–Kier alpha value is -5.00. The van der Waals surface area contributed by atoms with E-state index >= 15 is 8.78 Å². The standard InChI is InChI=1S/C35H38F2N7O9P/c1-35(2,3)53-54(49,50)52-16-51-25(45)12-38-23-9-22(36)28(37)26-27-30(44-7-6-17-13-42(4)15-24(17)44)20(11-39-32(27)41-29(23)26)18-8-19-31(46)21(34(47)48)14-43(5)33(19)40-10-18/h8-11,14,17,24,38H,6-7,12-13,15-16H2,1-5H3,(H,39,41)(H,47,48)(H,49,50)/t17-,24+/m1/s1. The second-order valence-electron chi connectivity index (χ2n) is 14.5. The molecule has 4 aromatic heterocycles. The molecule has 1 unspecified atom stereocenters. The predicted molar refractivity (Wildman–Crippen MR) is 194 cm³/mol. The molecule has 0 saturated carbocycles. The first-order chi connectivity index (χ1) is 25.4. The van der Waals surface area contributed by atoms with Crippen molar-refractivity contribution in [1.29, 1.82) is 0 Å². The number of benzene rings is 1. The number of H-pyrrole nitrogens is 1. The number of nitrogens with one attached hydrogen (secondary N) is 2. The van der Waals surface area contributed by atoms with E-state index in [4.69, 9.17) is 13.8 Å². The summed E-state index contributed by atoms with van der Waals surface area (Å²) in [4.78, 5) is 64.2. The monoisotopic (exact) mass is 769 g/mol. The van der Waals surface area contributed by atoms with E-state index in [1.165, 1.54) is 23.0 Å². The van der Waals surface area contributed by atoms with Crippen LogP contribution in [0.5, 0.6) is 0 Å². The van der Waals surface area contributed by atoms with Crippen molar-refractivity contribution in [3.63, 3.8) is 0 Å². The number of carboxylic acid groups (broad SMARTS) is 1. The van der Waals surface area contributed by atoms with Crippen LogP contribution < -0.4 is 15.6 Å². The van der Waals surface area contributed by atoms with Crippen LogP contribution in [-0.2, 0) is 30.2 Å². The van der Waals surface area contributed by atoms with Crippen LogP contribution in [0.25, 0.3) is 44.1 Å². The number of phosphoric acid groups is 1. The highest BCUT2D eigenvalue weighted by atomic mass is 31.2. The third-order valence-corrected chi connectivity index (χ3v) is 10.8. The Labute approximate surface area is 306 Å². The maximum atomic E-state index is 16.1. The largest absolute Gasteiger partial charge is 0.477 e. The Morgan fingerprint density at radius 1 is 1.13 bits per heavy atom. The quantitative estimate of drug-likeness (QED) is 0.0873. The van der Waals surface area contributed by atoms with Crippen molar-refractivity contribution < 1.29 is 46.7 Å². The molecule has 0 amide bonds. The van der Waals surface area contributed by atoms with Crippen LogP contribution in [0, 0.1) is 17.6 Å². The molecular formula is C35H38F2N7O9P. The summed E-state index contributed by atoms with van der Waals surface area (Å²) in [7, 11) is -0.937. The molecule has 0 aliphatic carbocycles. The topological polar surface area (TPSA) is 201 Å². The molecule has 1 aromatic carbocycles. The molecule has 286 valence electrons. The van der Waals surface area contributed by atoms with E-state index in [9.17, 15) is 28.9 Å². The number of hydrogen-bond acceptors (Lipinski definition) is 12. The summed E-state index contributed by atoms with van der Waals surface area (Å²) in [5.41, 5.74) is -0.160. The predicted octanol–water partition coefficient (Wildman–Crippen LogP) is 4.59. The van der Waals surface area contributed by atoms with Crippen molar-refractivity contribution in [2.24, 2.45) is 13.0 Å². The Balaban J connectivity index is 1.32. The summed E-state index contributed by atoms with van der Waals surface area (Å²) in [6.07, 6.45) is 5.12.